The van der Waals surface area contributed by atoms with Gasteiger partial charge in [0.05, 0.1) is 0 Å². The Labute approximate surface area is 116 Å². The highest BCUT2D eigenvalue weighted by Crippen LogP contribution is 2.07. The van der Waals surface area contributed by atoms with E-state index >= 15 is 0 Å². The number of carboxylic acids is 1. The largest absolute Gasteiger partial charge is 0.480 e. The van der Waals surface area contributed by atoms with Gasteiger partial charge in [-0.25, -0.2) is 4.79 Å². The van der Waals surface area contributed by atoms with E-state index in [9.17, 15) is 9.59 Å². The monoisotopic (exact) mass is 279 g/mol. The number of benzene rings is 1. The van der Waals surface area contributed by atoms with Gasteiger partial charge in [-0.05, 0) is 5.56 Å². The Balaban J connectivity index is 2.31. The number of carbonyl (C=O) groups excluding carboxylic acids is 1. The Hall–Kier alpha value is -1.75. The number of carboxylic acid groups (broad SMARTS) is 1. The van der Waals surface area contributed by atoms with Crippen LogP contribution in [-0.4, -0.2) is 34.5 Å². The number of amides is 1. The highest BCUT2D eigenvalue weighted by Gasteiger charge is 2.17. The first kappa shape index (κ1) is 15.3. The lowest BCUT2D eigenvalue weighted by atomic mass is 10.2. The number of rotatable bonds is 7. The maximum Gasteiger partial charge on any atom is 0.327 e. The van der Waals surface area contributed by atoms with E-state index in [0.717, 1.165) is 5.56 Å². The zero-order valence-electron chi connectivity index (χ0n) is 10.7. The second-order valence-corrected chi connectivity index (χ2v) is 5.02. The van der Waals surface area contributed by atoms with Gasteiger partial charge in [-0.15, -0.1) is 0 Å². The van der Waals surface area contributed by atoms with E-state index in [1.165, 1.54) is 18.7 Å². The third kappa shape index (κ3) is 6.67. The summed E-state index contributed by atoms with van der Waals surface area (Å²) in [7, 11) is 0. The number of carbonyl (C=O) groups is 2. The molecule has 0 heterocycles. The summed E-state index contributed by atoms with van der Waals surface area (Å²) in [6.07, 6.45) is 3.97. The third-order valence-corrected chi connectivity index (χ3v) is 3.28. The highest BCUT2D eigenvalue weighted by molar-refractivity contribution is 7.99. The van der Waals surface area contributed by atoms with Crippen molar-refractivity contribution in [1.29, 1.82) is 0 Å². The molecular formula is C14H17NO3S. The van der Waals surface area contributed by atoms with E-state index < -0.39 is 12.0 Å². The number of nitrogens with one attached hydrogen (secondary N) is 1. The number of thioether (sulfide) groups is 1. The van der Waals surface area contributed by atoms with Gasteiger partial charge in [0.1, 0.15) is 6.04 Å². The Morgan fingerprint density at radius 2 is 2.05 bits per heavy atom. The lowest BCUT2D eigenvalue weighted by Crippen LogP contribution is -2.41. The van der Waals surface area contributed by atoms with Crippen LogP contribution in [0, 0.1) is 0 Å². The quantitative estimate of drug-likeness (QED) is 0.749. The molecule has 1 aromatic carbocycles. The van der Waals surface area contributed by atoms with Crippen molar-refractivity contribution in [3.8, 4) is 0 Å². The average molecular weight is 279 g/mol. The van der Waals surface area contributed by atoms with E-state index in [2.05, 4.69) is 5.32 Å². The molecule has 1 amide bonds. The lowest BCUT2D eigenvalue weighted by Gasteiger charge is -2.11. The zero-order chi connectivity index (χ0) is 14.1. The molecule has 0 aliphatic rings. The molecule has 0 saturated heterocycles. The minimum atomic E-state index is -1.00. The van der Waals surface area contributed by atoms with Crippen molar-refractivity contribution in [2.45, 2.75) is 13.0 Å². The first-order valence-corrected chi connectivity index (χ1v) is 7.04. The molecule has 1 rings (SSSR count). The predicted octanol–water partition coefficient (Wildman–Crippen LogP) is 2.02. The fourth-order valence-electron chi connectivity index (χ4n) is 1.42. The van der Waals surface area contributed by atoms with Crippen molar-refractivity contribution in [3.63, 3.8) is 0 Å². The fraction of sp³-hybridized carbons (Fsp3) is 0.286. The molecule has 1 atom stereocenters. The van der Waals surface area contributed by atoms with Crippen LogP contribution in [0.2, 0.25) is 0 Å². The molecule has 0 aliphatic carbocycles. The third-order valence-electron chi connectivity index (χ3n) is 2.28. The van der Waals surface area contributed by atoms with Crippen LogP contribution < -0.4 is 5.32 Å². The molecule has 2 N–H and O–H groups in total. The van der Waals surface area contributed by atoms with Crippen LogP contribution >= 0.6 is 11.8 Å². The fourth-order valence-corrected chi connectivity index (χ4v) is 2.25. The Morgan fingerprint density at radius 3 is 2.63 bits per heavy atom. The maximum atomic E-state index is 10.9. The van der Waals surface area contributed by atoms with Gasteiger partial charge in [-0.3, -0.25) is 4.79 Å². The topological polar surface area (TPSA) is 66.4 Å². The Morgan fingerprint density at radius 1 is 1.37 bits per heavy atom. The second-order valence-electron chi connectivity index (χ2n) is 3.94. The molecule has 0 bridgehead atoms. The van der Waals surface area contributed by atoms with Crippen molar-refractivity contribution in [3.05, 3.63) is 42.0 Å². The standard InChI is InChI=1S/C14H17NO3S/c1-11(16)15-13(14(17)18)10-19-9-5-8-12-6-3-2-4-7-12/h2-8,13H,9-10H2,1H3,(H,15,16)(H,17,18). The van der Waals surface area contributed by atoms with Crippen molar-refractivity contribution >= 4 is 29.7 Å². The molecule has 1 aromatic rings. The molecule has 0 aromatic heterocycles. The molecule has 5 heteroatoms. The molecular weight excluding hydrogens is 262 g/mol. The summed E-state index contributed by atoms with van der Waals surface area (Å²) < 4.78 is 0. The smallest absolute Gasteiger partial charge is 0.327 e. The molecule has 0 saturated carbocycles. The van der Waals surface area contributed by atoms with Gasteiger partial charge in [0.25, 0.3) is 0 Å². The molecule has 4 nitrogen and oxygen atoms in total. The molecule has 102 valence electrons. The summed E-state index contributed by atoms with van der Waals surface area (Å²) in [6.45, 7) is 1.32. The Kier molecular flexibility index (Phi) is 6.74. The van der Waals surface area contributed by atoms with Crippen molar-refractivity contribution < 1.29 is 14.7 Å². The van der Waals surface area contributed by atoms with Crippen LogP contribution in [-0.2, 0) is 9.59 Å². The normalized spacial score (nSPS) is 12.3. The van der Waals surface area contributed by atoms with Crippen LogP contribution in [0.25, 0.3) is 6.08 Å². The van der Waals surface area contributed by atoms with Crippen LogP contribution in [0.5, 0.6) is 0 Å². The molecule has 1 unspecified atom stereocenters. The van der Waals surface area contributed by atoms with Crippen molar-refractivity contribution in [2.75, 3.05) is 11.5 Å². The summed E-state index contributed by atoms with van der Waals surface area (Å²) in [4.78, 5) is 21.7. The lowest BCUT2D eigenvalue weighted by molar-refractivity contribution is -0.140. The van der Waals surface area contributed by atoms with Gasteiger partial charge >= 0.3 is 5.97 Å². The zero-order valence-corrected chi connectivity index (χ0v) is 11.5. The minimum absolute atomic E-state index is 0.326. The van der Waals surface area contributed by atoms with E-state index in [1.807, 2.05) is 42.5 Å². The van der Waals surface area contributed by atoms with Gasteiger partial charge < -0.3 is 10.4 Å². The number of aliphatic carboxylic acids is 1. The van der Waals surface area contributed by atoms with E-state index in [-0.39, 0.29) is 5.91 Å². The summed E-state index contributed by atoms with van der Waals surface area (Å²) in [5.41, 5.74) is 1.11. The van der Waals surface area contributed by atoms with Gasteiger partial charge in [0.2, 0.25) is 5.91 Å². The summed E-state index contributed by atoms with van der Waals surface area (Å²) in [5, 5.41) is 11.3. The summed E-state index contributed by atoms with van der Waals surface area (Å²) >= 11 is 1.47. The van der Waals surface area contributed by atoms with Gasteiger partial charge in [-0.1, -0.05) is 42.5 Å². The van der Waals surface area contributed by atoms with Crippen LogP contribution in [0.15, 0.2) is 36.4 Å². The maximum absolute atomic E-state index is 10.9. The van der Waals surface area contributed by atoms with E-state index in [4.69, 9.17) is 5.11 Å². The van der Waals surface area contributed by atoms with E-state index in [1.54, 1.807) is 0 Å². The van der Waals surface area contributed by atoms with Crippen molar-refractivity contribution in [2.24, 2.45) is 0 Å². The molecule has 0 spiro atoms. The molecule has 0 fully saturated rings. The number of hydrogen-bond acceptors (Lipinski definition) is 3. The predicted molar refractivity (Wildman–Crippen MR) is 78.0 cm³/mol. The average Bonchev–Trinajstić information content (AvgIpc) is 2.37. The first-order chi connectivity index (χ1) is 9.09. The first-order valence-electron chi connectivity index (χ1n) is 5.89. The Bertz CT molecular complexity index is 445. The van der Waals surface area contributed by atoms with Crippen LogP contribution in [0.4, 0.5) is 0 Å². The van der Waals surface area contributed by atoms with Gasteiger partial charge in [0, 0.05) is 18.4 Å². The van der Waals surface area contributed by atoms with Crippen LogP contribution in [0.1, 0.15) is 12.5 Å². The minimum Gasteiger partial charge on any atom is -0.480 e. The second kappa shape index (κ2) is 8.37. The molecule has 0 radical (unpaired) electrons. The molecule has 19 heavy (non-hydrogen) atoms. The van der Waals surface area contributed by atoms with Gasteiger partial charge in [0.15, 0.2) is 0 Å². The van der Waals surface area contributed by atoms with Crippen molar-refractivity contribution in [1.82, 2.24) is 5.32 Å². The number of hydrogen-bond donors (Lipinski definition) is 2. The SMILES string of the molecule is CC(=O)NC(CSCC=Cc1ccccc1)C(=O)O. The summed E-state index contributed by atoms with van der Waals surface area (Å²) in [5.74, 6) is -0.269. The van der Waals surface area contributed by atoms with Crippen LogP contribution in [0.3, 0.4) is 0 Å². The molecule has 0 aliphatic heterocycles. The van der Waals surface area contributed by atoms with Gasteiger partial charge in [-0.2, -0.15) is 11.8 Å². The van der Waals surface area contributed by atoms with E-state index in [0.29, 0.717) is 11.5 Å². The highest BCUT2D eigenvalue weighted by atomic mass is 32.2. The summed E-state index contributed by atoms with van der Waals surface area (Å²) in [6, 6.07) is 9.05.